The van der Waals surface area contributed by atoms with Crippen LogP contribution in [0.4, 0.5) is 0 Å². The molecule has 2 aromatic carbocycles. The predicted octanol–water partition coefficient (Wildman–Crippen LogP) is 3.89. The summed E-state index contributed by atoms with van der Waals surface area (Å²) < 4.78 is 11.7. The van der Waals surface area contributed by atoms with Gasteiger partial charge in [-0.2, -0.15) is 0 Å². The van der Waals surface area contributed by atoms with E-state index in [-0.39, 0.29) is 12.0 Å². The van der Waals surface area contributed by atoms with Gasteiger partial charge in [-0.1, -0.05) is 46.3 Å². The molecule has 0 spiro atoms. The highest BCUT2D eigenvalue weighted by molar-refractivity contribution is 9.10. The molecule has 0 aromatic heterocycles. The minimum absolute atomic E-state index is 0.00991. The molecule has 24 heavy (non-hydrogen) atoms. The molecule has 0 radical (unpaired) electrons. The third-order valence-corrected chi connectivity index (χ3v) is 4.59. The van der Waals surface area contributed by atoms with Gasteiger partial charge in [0, 0.05) is 24.5 Å². The normalized spacial score (nSPS) is 11.8. The zero-order valence-electron chi connectivity index (χ0n) is 13.9. The van der Waals surface area contributed by atoms with Crippen LogP contribution < -0.4 is 10.1 Å². The Labute approximate surface area is 151 Å². The van der Waals surface area contributed by atoms with Crippen molar-refractivity contribution in [3.8, 4) is 5.75 Å². The number of methoxy groups -OCH3 is 2. The summed E-state index contributed by atoms with van der Waals surface area (Å²) in [7, 11) is 3.27. The Hall–Kier alpha value is -1.85. The molecule has 0 aliphatic carbocycles. The fraction of sp³-hybridized carbons (Fsp3) is 0.316. The maximum absolute atomic E-state index is 12.1. The number of rotatable bonds is 8. The zero-order valence-corrected chi connectivity index (χ0v) is 15.5. The number of hydrogen-bond donors (Lipinski definition) is 1. The van der Waals surface area contributed by atoms with Gasteiger partial charge in [-0.25, -0.2) is 0 Å². The van der Waals surface area contributed by atoms with Crippen molar-refractivity contribution in [2.45, 2.75) is 18.9 Å². The third kappa shape index (κ3) is 5.35. The van der Waals surface area contributed by atoms with E-state index in [4.69, 9.17) is 9.47 Å². The van der Waals surface area contributed by atoms with E-state index < -0.39 is 0 Å². The molecule has 1 amide bonds. The first-order chi connectivity index (χ1) is 11.6. The number of carbonyl (C=O) groups is 1. The monoisotopic (exact) mass is 391 g/mol. The second-order valence-electron chi connectivity index (χ2n) is 5.40. The lowest BCUT2D eigenvalue weighted by atomic mass is 10.1. The van der Waals surface area contributed by atoms with Crippen LogP contribution in [0.25, 0.3) is 0 Å². The largest absolute Gasteiger partial charge is 0.497 e. The van der Waals surface area contributed by atoms with E-state index in [1.54, 1.807) is 14.2 Å². The van der Waals surface area contributed by atoms with E-state index in [0.717, 1.165) is 21.3 Å². The van der Waals surface area contributed by atoms with Crippen LogP contribution in [0.2, 0.25) is 0 Å². The molecule has 4 nitrogen and oxygen atoms in total. The Morgan fingerprint density at radius 2 is 1.96 bits per heavy atom. The van der Waals surface area contributed by atoms with Gasteiger partial charge in [0.15, 0.2) is 0 Å². The number of benzene rings is 2. The van der Waals surface area contributed by atoms with Crippen LogP contribution in [0.5, 0.6) is 5.75 Å². The lowest BCUT2D eigenvalue weighted by Gasteiger charge is -2.17. The second-order valence-corrected chi connectivity index (χ2v) is 6.25. The molecule has 5 heteroatoms. The van der Waals surface area contributed by atoms with E-state index in [2.05, 4.69) is 21.2 Å². The first kappa shape index (κ1) is 18.5. The highest BCUT2D eigenvalue weighted by Gasteiger charge is 2.13. The van der Waals surface area contributed by atoms with Crippen molar-refractivity contribution < 1.29 is 14.3 Å². The Morgan fingerprint density at radius 1 is 1.17 bits per heavy atom. The molecule has 0 saturated carbocycles. The third-order valence-electron chi connectivity index (χ3n) is 3.81. The topological polar surface area (TPSA) is 47.6 Å². The van der Waals surface area contributed by atoms with Gasteiger partial charge >= 0.3 is 0 Å². The number of hydrogen-bond acceptors (Lipinski definition) is 3. The molecular weight excluding hydrogens is 370 g/mol. The number of carbonyl (C=O) groups excluding carboxylic acids is 1. The molecule has 1 atom stereocenters. The molecule has 0 saturated heterocycles. The average Bonchev–Trinajstić information content (AvgIpc) is 2.61. The standard InChI is InChI=1S/C19H22BrNO3/c1-23-16-8-5-7-15(12-16)18(24-2)13-21-19(22)11-10-14-6-3-4-9-17(14)20/h3-9,12,18H,10-11,13H2,1-2H3,(H,21,22)/t18-/m1/s1. The molecule has 0 heterocycles. The highest BCUT2D eigenvalue weighted by atomic mass is 79.9. The Kier molecular flexibility index (Phi) is 7.28. The van der Waals surface area contributed by atoms with Gasteiger partial charge in [-0.3, -0.25) is 4.79 Å². The van der Waals surface area contributed by atoms with E-state index in [9.17, 15) is 4.79 Å². The van der Waals surface area contributed by atoms with Crippen molar-refractivity contribution in [2.75, 3.05) is 20.8 Å². The molecule has 2 aromatic rings. The maximum Gasteiger partial charge on any atom is 0.220 e. The SMILES string of the molecule is COc1cccc([C@@H](CNC(=O)CCc2ccccc2Br)OC)c1. The van der Waals surface area contributed by atoms with Gasteiger partial charge in [0.2, 0.25) is 5.91 Å². The van der Waals surface area contributed by atoms with Gasteiger partial charge in [0.1, 0.15) is 5.75 Å². The Balaban J connectivity index is 1.86. The van der Waals surface area contributed by atoms with Crippen LogP contribution in [0.1, 0.15) is 23.7 Å². The van der Waals surface area contributed by atoms with E-state index in [1.165, 1.54) is 0 Å². The van der Waals surface area contributed by atoms with Crippen molar-refractivity contribution in [2.24, 2.45) is 0 Å². The number of nitrogens with one attached hydrogen (secondary N) is 1. The summed E-state index contributed by atoms with van der Waals surface area (Å²) in [6.07, 6.45) is 0.939. The molecule has 128 valence electrons. The maximum atomic E-state index is 12.1. The average molecular weight is 392 g/mol. The predicted molar refractivity (Wildman–Crippen MR) is 98.2 cm³/mol. The van der Waals surface area contributed by atoms with Gasteiger partial charge in [-0.05, 0) is 35.7 Å². The summed E-state index contributed by atoms with van der Waals surface area (Å²) in [5.41, 5.74) is 2.10. The molecule has 0 fully saturated rings. The van der Waals surface area contributed by atoms with Crippen LogP contribution in [-0.4, -0.2) is 26.7 Å². The van der Waals surface area contributed by atoms with Gasteiger partial charge in [-0.15, -0.1) is 0 Å². The Bertz CT molecular complexity index is 675. The molecule has 0 aliphatic rings. The van der Waals surface area contributed by atoms with Crippen LogP contribution in [-0.2, 0) is 16.0 Å². The molecular formula is C19H22BrNO3. The van der Waals surface area contributed by atoms with Crippen LogP contribution in [0.3, 0.4) is 0 Å². The minimum atomic E-state index is -0.201. The van der Waals surface area contributed by atoms with Crippen molar-refractivity contribution in [1.82, 2.24) is 5.32 Å². The fourth-order valence-electron chi connectivity index (χ4n) is 2.42. The summed E-state index contributed by atoms with van der Waals surface area (Å²) in [4.78, 5) is 12.1. The van der Waals surface area contributed by atoms with Gasteiger partial charge < -0.3 is 14.8 Å². The number of halogens is 1. The number of ether oxygens (including phenoxy) is 2. The van der Waals surface area contributed by atoms with E-state index in [0.29, 0.717) is 19.4 Å². The second kappa shape index (κ2) is 9.45. The first-order valence-corrected chi connectivity index (χ1v) is 8.60. The lowest BCUT2D eigenvalue weighted by molar-refractivity contribution is -0.121. The lowest BCUT2D eigenvalue weighted by Crippen LogP contribution is -2.29. The number of aryl methyl sites for hydroxylation is 1. The van der Waals surface area contributed by atoms with E-state index in [1.807, 2.05) is 48.5 Å². The fourth-order valence-corrected chi connectivity index (χ4v) is 2.91. The number of amides is 1. The summed E-state index contributed by atoms with van der Waals surface area (Å²) in [5, 5.41) is 2.94. The Morgan fingerprint density at radius 3 is 2.67 bits per heavy atom. The summed E-state index contributed by atoms with van der Waals surface area (Å²) >= 11 is 3.50. The van der Waals surface area contributed by atoms with Gasteiger partial charge in [0.05, 0.1) is 13.2 Å². The molecule has 1 N–H and O–H groups in total. The van der Waals surface area contributed by atoms with Crippen molar-refractivity contribution in [3.05, 3.63) is 64.1 Å². The minimum Gasteiger partial charge on any atom is -0.497 e. The van der Waals surface area contributed by atoms with E-state index >= 15 is 0 Å². The first-order valence-electron chi connectivity index (χ1n) is 7.81. The van der Waals surface area contributed by atoms with Crippen molar-refractivity contribution >= 4 is 21.8 Å². The summed E-state index contributed by atoms with van der Waals surface area (Å²) in [6.45, 7) is 0.429. The molecule has 0 bridgehead atoms. The van der Waals surface area contributed by atoms with Gasteiger partial charge in [0.25, 0.3) is 0 Å². The zero-order chi connectivity index (χ0) is 17.4. The van der Waals surface area contributed by atoms with Crippen LogP contribution >= 0.6 is 15.9 Å². The van der Waals surface area contributed by atoms with Crippen LogP contribution in [0.15, 0.2) is 53.0 Å². The summed E-state index contributed by atoms with van der Waals surface area (Å²) in [5.74, 6) is 0.783. The molecule has 2 rings (SSSR count). The smallest absolute Gasteiger partial charge is 0.220 e. The molecule has 0 unspecified atom stereocenters. The van der Waals surface area contributed by atoms with Crippen molar-refractivity contribution in [3.63, 3.8) is 0 Å². The van der Waals surface area contributed by atoms with Crippen LogP contribution in [0, 0.1) is 0 Å². The highest BCUT2D eigenvalue weighted by Crippen LogP contribution is 2.21. The molecule has 0 aliphatic heterocycles. The quantitative estimate of drug-likeness (QED) is 0.742. The van der Waals surface area contributed by atoms with Crippen molar-refractivity contribution in [1.29, 1.82) is 0 Å². The summed E-state index contributed by atoms with van der Waals surface area (Å²) in [6, 6.07) is 15.6.